The van der Waals surface area contributed by atoms with Crippen molar-refractivity contribution in [2.75, 3.05) is 7.11 Å². The highest BCUT2D eigenvalue weighted by atomic mass is 16.5. The van der Waals surface area contributed by atoms with Gasteiger partial charge < -0.3 is 19.7 Å². The lowest BCUT2D eigenvalue weighted by atomic mass is 9.82. The second-order valence-corrected chi connectivity index (χ2v) is 5.85. The van der Waals surface area contributed by atoms with E-state index in [-0.39, 0.29) is 46.8 Å². The van der Waals surface area contributed by atoms with E-state index < -0.39 is 29.2 Å². The number of phenols is 2. The molecular formula is C17H16O7. The average Bonchev–Trinajstić information content (AvgIpc) is 2.53. The van der Waals surface area contributed by atoms with Crippen LogP contribution in [0.5, 0.6) is 17.2 Å². The first-order valence-electron chi connectivity index (χ1n) is 7.46. The van der Waals surface area contributed by atoms with Crippen LogP contribution in [0.15, 0.2) is 17.4 Å². The minimum atomic E-state index is -0.695. The normalized spacial score (nSPS) is 19.5. The molecule has 2 aliphatic rings. The van der Waals surface area contributed by atoms with Gasteiger partial charge in [-0.25, -0.2) is 0 Å². The van der Waals surface area contributed by atoms with Gasteiger partial charge in [0.2, 0.25) is 5.78 Å². The number of benzene rings is 1. The highest BCUT2D eigenvalue weighted by Gasteiger charge is 2.41. The minimum Gasteiger partial charge on any atom is -0.507 e. The van der Waals surface area contributed by atoms with Crippen LogP contribution in [0, 0.1) is 0 Å². The van der Waals surface area contributed by atoms with E-state index in [1.54, 1.807) is 0 Å². The molecule has 0 bridgehead atoms. The molecule has 2 N–H and O–H groups in total. The van der Waals surface area contributed by atoms with Crippen molar-refractivity contribution in [3.63, 3.8) is 0 Å². The first-order valence-corrected chi connectivity index (χ1v) is 7.46. The number of allylic oxidation sites excluding steroid dienone is 2. The summed E-state index contributed by atoms with van der Waals surface area (Å²) in [5.74, 6) is -2.57. The molecule has 1 aromatic carbocycles. The van der Waals surface area contributed by atoms with Gasteiger partial charge in [0.25, 0.3) is 0 Å². The van der Waals surface area contributed by atoms with E-state index in [0.29, 0.717) is 6.42 Å². The van der Waals surface area contributed by atoms with Crippen LogP contribution in [0.1, 0.15) is 46.9 Å². The number of aromatic hydroxyl groups is 2. The summed E-state index contributed by atoms with van der Waals surface area (Å²) in [6.07, 6.45) is 0.348. The van der Waals surface area contributed by atoms with Gasteiger partial charge in [-0.3, -0.25) is 14.4 Å². The molecular weight excluding hydrogens is 316 g/mol. The molecule has 7 nitrogen and oxygen atoms in total. The highest BCUT2D eigenvalue weighted by molar-refractivity contribution is 6.28. The number of Topliss-reactive ketones (excluding diaryl/α,β-unsaturated/α-hetero) is 3. The van der Waals surface area contributed by atoms with Gasteiger partial charge in [0.05, 0.1) is 18.2 Å². The molecule has 7 heteroatoms. The van der Waals surface area contributed by atoms with Crippen LogP contribution in [0.4, 0.5) is 0 Å². The van der Waals surface area contributed by atoms with Crippen LogP contribution in [0.2, 0.25) is 0 Å². The third kappa shape index (κ3) is 2.33. The third-order valence-electron chi connectivity index (χ3n) is 4.19. The molecule has 3 rings (SSSR count). The van der Waals surface area contributed by atoms with Gasteiger partial charge in [-0.15, -0.1) is 0 Å². The molecule has 1 aliphatic heterocycles. The molecule has 1 atom stereocenters. The van der Waals surface area contributed by atoms with Crippen molar-refractivity contribution < 1.29 is 34.1 Å². The Morgan fingerprint density at radius 2 is 2.00 bits per heavy atom. The summed E-state index contributed by atoms with van der Waals surface area (Å²) < 4.78 is 10.5. The molecule has 1 aromatic rings. The Balaban J connectivity index is 2.10. The summed E-state index contributed by atoms with van der Waals surface area (Å²) in [6.45, 7) is 1.42. The summed E-state index contributed by atoms with van der Waals surface area (Å²) in [7, 11) is 1.26. The van der Waals surface area contributed by atoms with Gasteiger partial charge in [-0.05, 0) is 19.8 Å². The molecule has 0 amide bonds. The van der Waals surface area contributed by atoms with Crippen molar-refractivity contribution in [3.05, 3.63) is 28.5 Å². The maximum absolute atomic E-state index is 12.7. The number of ketones is 3. The molecule has 0 spiro atoms. The molecule has 0 saturated heterocycles. The molecule has 0 saturated carbocycles. The molecule has 24 heavy (non-hydrogen) atoms. The van der Waals surface area contributed by atoms with Crippen molar-refractivity contribution in [2.24, 2.45) is 0 Å². The quantitative estimate of drug-likeness (QED) is 0.813. The van der Waals surface area contributed by atoms with E-state index in [2.05, 4.69) is 0 Å². The van der Waals surface area contributed by atoms with E-state index >= 15 is 0 Å². The van der Waals surface area contributed by atoms with Crippen molar-refractivity contribution in [1.82, 2.24) is 0 Å². The maximum Gasteiger partial charge on any atom is 0.232 e. The second-order valence-electron chi connectivity index (χ2n) is 5.85. The zero-order chi connectivity index (χ0) is 17.6. The first-order chi connectivity index (χ1) is 11.3. The fourth-order valence-electron chi connectivity index (χ4n) is 3.09. The molecule has 126 valence electrons. The van der Waals surface area contributed by atoms with Crippen molar-refractivity contribution in [1.29, 1.82) is 0 Å². The van der Waals surface area contributed by atoms with Gasteiger partial charge in [0.15, 0.2) is 23.0 Å². The Labute approximate surface area is 137 Å². The molecule has 1 heterocycles. The van der Waals surface area contributed by atoms with Crippen LogP contribution in [0.25, 0.3) is 0 Å². The predicted octanol–water partition coefficient (Wildman–Crippen LogP) is 1.90. The number of hydrogen-bond acceptors (Lipinski definition) is 7. The number of phenolic OH excluding ortho intramolecular Hbond substituents is 2. The Hall–Kier alpha value is -2.83. The fraction of sp³-hybridized carbons (Fsp3) is 0.353. The van der Waals surface area contributed by atoms with Crippen molar-refractivity contribution in [3.8, 4) is 17.2 Å². The predicted molar refractivity (Wildman–Crippen MR) is 81.4 cm³/mol. The zero-order valence-electron chi connectivity index (χ0n) is 13.2. The topological polar surface area (TPSA) is 110 Å². The van der Waals surface area contributed by atoms with Gasteiger partial charge in [0, 0.05) is 18.1 Å². The lowest BCUT2D eigenvalue weighted by Gasteiger charge is -2.30. The lowest BCUT2D eigenvalue weighted by molar-refractivity contribution is -0.119. The summed E-state index contributed by atoms with van der Waals surface area (Å²) in [6, 6.07) is 1.09. The first kappa shape index (κ1) is 16.0. The number of ether oxygens (including phenoxy) is 2. The molecule has 0 radical (unpaired) electrons. The van der Waals surface area contributed by atoms with E-state index in [1.807, 2.05) is 0 Å². The number of carbonyl (C=O) groups is 3. The van der Waals surface area contributed by atoms with Crippen LogP contribution in [-0.2, 0) is 9.53 Å². The lowest BCUT2D eigenvalue weighted by Crippen LogP contribution is -2.31. The molecule has 0 unspecified atom stereocenters. The summed E-state index contributed by atoms with van der Waals surface area (Å²) in [5, 5.41) is 20.3. The Kier molecular flexibility index (Phi) is 3.79. The zero-order valence-corrected chi connectivity index (χ0v) is 13.2. The number of hydrogen-bond donors (Lipinski definition) is 2. The van der Waals surface area contributed by atoms with Crippen molar-refractivity contribution in [2.45, 2.75) is 32.3 Å². The summed E-state index contributed by atoms with van der Waals surface area (Å²) >= 11 is 0. The largest absolute Gasteiger partial charge is 0.507 e. The van der Waals surface area contributed by atoms with Gasteiger partial charge in [-0.1, -0.05) is 0 Å². The number of fused-ring (bicyclic) bond motifs is 1. The summed E-state index contributed by atoms with van der Waals surface area (Å²) in [5.41, 5.74) is -0.420. The third-order valence-corrected chi connectivity index (χ3v) is 4.19. The highest BCUT2D eigenvalue weighted by Crippen LogP contribution is 2.45. The average molecular weight is 332 g/mol. The number of rotatable bonds is 3. The van der Waals surface area contributed by atoms with E-state index in [1.165, 1.54) is 14.0 Å². The van der Waals surface area contributed by atoms with E-state index in [4.69, 9.17) is 9.47 Å². The van der Waals surface area contributed by atoms with Gasteiger partial charge in [-0.2, -0.15) is 0 Å². The molecule has 0 aromatic heterocycles. The standard InChI is InChI=1S/C17H16O7/c1-7(18)5-8-3-4-9-14(20)12-10(19)6-11(23-2)15(21)13(12)16(22)17(9)24-8/h6,8,19,21H,3-5H2,1-2H3/t8-/m1/s1. The van der Waals surface area contributed by atoms with E-state index in [0.717, 1.165) is 6.07 Å². The minimum absolute atomic E-state index is 0.0822. The summed E-state index contributed by atoms with van der Waals surface area (Å²) in [4.78, 5) is 36.6. The Morgan fingerprint density at radius 1 is 1.29 bits per heavy atom. The Bertz CT molecular complexity index is 804. The smallest absolute Gasteiger partial charge is 0.232 e. The van der Waals surface area contributed by atoms with Gasteiger partial charge in [0.1, 0.15) is 17.6 Å². The Morgan fingerprint density at radius 3 is 2.62 bits per heavy atom. The molecule has 0 fully saturated rings. The fourth-order valence-corrected chi connectivity index (χ4v) is 3.09. The van der Waals surface area contributed by atoms with Crippen LogP contribution in [-0.4, -0.2) is 40.8 Å². The van der Waals surface area contributed by atoms with Crippen LogP contribution >= 0.6 is 0 Å². The number of methoxy groups -OCH3 is 1. The van der Waals surface area contributed by atoms with Gasteiger partial charge >= 0.3 is 0 Å². The van der Waals surface area contributed by atoms with Crippen LogP contribution < -0.4 is 4.74 Å². The van der Waals surface area contributed by atoms with E-state index in [9.17, 15) is 24.6 Å². The molecule has 1 aliphatic carbocycles. The van der Waals surface area contributed by atoms with Crippen molar-refractivity contribution >= 4 is 17.3 Å². The maximum atomic E-state index is 12.7. The number of carbonyl (C=O) groups excluding carboxylic acids is 3. The second kappa shape index (κ2) is 5.67. The van der Waals surface area contributed by atoms with Crippen LogP contribution in [0.3, 0.4) is 0 Å². The SMILES string of the molecule is COc1cc(O)c2c(c1O)C(=O)C1=C(CC[C@H](CC(C)=O)O1)C2=O. The monoisotopic (exact) mass is 332 g/mol.